The van der Waals surface area contributed by atoms with E-state index in [4.69, 9.17) is 11.6 Å². The highest BCUT2D eigenvalue weighted by atomic mass is 35.5. The van der Waals surface area contributed by atoms with E-state index in [1.807, 2.05) is 0 Å². The van der Waals surface area contributed by atoms with Gasteiger partial charge in [0.15, 0.2) is 5.78 Å². The first-order chi connectivity index (χ1) is 5.54. The van der Waals surface area contributed by atoms with Crippen LogP contribution in [0.3, 0.4) is 0 Å². The van der Waals surface area contributed by atoms with Crippen molar-refractivity contribution in [1.82, 2.24) is 0 Å². The van der Waals surface area contributed by atoms with Crippen LogP contribution >= 0.6 is 11.6 Å². The molecule has 0 aliphatic carbocycles. The van der Waals surface area contributed by atoms with E-state index in [1.54, 1.807) is 6.92 Å². The highest BCUT2D eigenvalue weighted by Gasteiger charge is 2.11. The van der Waals surface area contributed by atoms with Crippen LogP contribution in [-0.4, -0.2) is 5.78 Å². The van der Waals surface area contributed by atoms with Crippen LogP contribution in [0.4, 0.5) is 4.39 Å². The van der Waals surface area contributed by atoms with Gasteiger partial charge < -0.3 is 0 Å². The first-order valence-corrected chi connectivity index (χ1v) is 3.87. The third kappa shape index (κ3) is 1.48. The average molecular weight is 187 g/mol. The Labute approximate surface area is 75.2 Å². The van der Waals surface area contributed by atoms with Crippen molar-refractivity contribution in [1.29, 1.82) is 0 Å². The van der Waals surface area contributed by atoms with Gasteiger partial charge in [-0.25, -0.2) is 4.39 Å². The summed E-state index contributed by atoms with van der Waals surface area (Å²) in [5, 5.41) is -0.0810. The van der Waals surface area contributed by atoms with Crippen molar-refractivity contribution in [3.8, 4) is 0 Å². The molecule has 12 heavy (non-hydrogen) atoms. The SMILES string of the molecule is CC(=O)c1ccc(C)c(F)c1Cl. The van der Waals surface area contributed by atoms with Crippen LogP contribution in [0.15, 0.2) is 12.1 Å². The lowest BCUT2D eigenvalue weighted by Gasteiger charge is -2.02. The van der Waals surface area contributed by atoms with E-state index >= 15 is 0 Å². The molecule has 0 spiro atoms. The standard InChI is InChI=1S/C9H8ClFO/c1-5-3-4-7(6(2)12)8(10)9(5)11/h3-4H,1-2H3. The smallest absolute Gasteiger partial charge is 0.161 e. The molecule has 0 amide bonds. The maximum Gasteiger partial charge on any atom is 0.161 e. The lowest BCUT2D eigenvalue weighted by Crippen LogP contribution is -1.96. The molecule has 64 valence electrons. The minimum absolute atomic E-state index is 0.0810. The van der Waals surface area contributed by atoms with E-state index in [0.717, 1.165) is 0 Å². The predicted octanol–water partition coefficient (Wildman–Crippen LogP) is 2.99. The second-order valence-corrected chi connectivity index (χ2v) is 2.99. The molecule has 1 rings (SSSR count). The van der Waals surface area contributed by atoms with Gasteiger partial charge in [-0.05, 0) is 25.5 Å². The highest BCUT2D eigenvalue weighted by Crippen LogP contribution is 2.22. The average Bonchev–Trinajstić information content (AvgIpc) is 2.00. The van der Waals surface area contributed by atoms with Crippen molar-refractivity contribution in [2.45, 2.75) is 13.8 Å². The zero-order valence-electron chi connectivity index (χ0n) is 6.82. The van der Waals surface area contributed by atoms with Crippen LogP contribution < -0.4 is 0 Å². The molecule has 0 bridgehead atoms. The van der Waals surface area contributed by atoms with E-state index in [1.165, 1.54) is 19.1 Å². The monoisotopic (exact) mass is 186 g/mol. The van der Waals surface area contributed by atoms with Gasteiger partial charge in [0.05, 0.1) is 5.02 Å². The van der Waals surface area contributed by atoms with Crippen LogP contribution in [-0.2, 0) is 0 Å². The molecule has 0 unspecified atom stereocenters. The molecule has 1 aromatic rings. The fourth-order valence-electron chi connectivity index (χ4n) is 0.918. The van der Waals surface area contributed by atoms with Gasteiger partial charge in [-0.2, -0.15) is 0 Å². The summed E-state index contributed by atoms with van der Waals surface area (Å²) in [6, 6.07) is 3.07. The maximum atomic E-state index is 13.1. The molecular formula is C9H8ClFO. The van der Waals surface area contributed by atoms with Gasteiger partial charge in [0.25, 0.3) is 0 Å². The Balaban J connectivity index is 3.36. The highest BCUT2D eigenvalue weighted by molar-refractivity contribution is 6.34. The Kier molecular flexibility index (Phi) is 2.48. The normalized spacial score (nSPS) is 10.0. The zero-order valence-corrected chi connectivity index (χ0v) is 7.57. The van der Waals surface area contributed by atoms with Gasteiger partial charge in [0.2, 0.25) is 0 Å². The summed E-state index contributed by atoms with van der Waals surface area (Å²) < 4.78 is 13.1. The Bertz CT molecular complexity index is 334. The van der Waals surface area contributed by atoms with Crippen molar-refractivity contribution in [3.63, 3.8) is 0 Å². The number of hydrogen-bond donors (Lipinski definition) is 0. The maximum absolute atomic E-state index is 13.1. The van der Waals surface area contributed by atoms with Crippen molar-refractivity contribution >= 4 is 17.4 Å². The van der Waals surface area contributed by atoms with Gasteiger partial charge in [0.1, 0.15) is 5.82 Å². The number of rotatable bonds is 1. The number of Topliss-reactive ketones (excluding diaryl/α,β-unsaturated/α-hetero) is 1. The topological polar surface area (TPSA) is 17.1 Å². The van der Waals surface area contributed by atoms with Gasteiger partial charge in [-0.15, -0.1) is 0 Å². The van der Waals surface area contributed by atoms with E-state index in [0.29, 0.717) is 5.56 Å². The summed E-state index contributed by atoms with van der Waals surface area (Å²) in [5.41, 5.74) is 0.685. The minimum atomic E-state index is -0.510. The van der Waals surface area contributed by atoms with Crippen LogP contribution in [0.1, 0.15) is 22.8 Å². The molecule has 0 saturated carbocycles. The number of ketones is 1. The fraction of sp³-hybridized carbons (Fsp3) is 0.222. The molecule has 0 aromatic heterocycles. The first kappa shape index (κ1) is 9.20. The molecule has 0 atom stereocenters. The molecule has 0 aliphatic heterocycles. The predicted molar refractivity (Wildman–Crippen MR) is 46.2 cm³/mol. The molecule has 0 aliphatic rings. The van der Waals surface area contributed by atoms with Crippen molar-refractivity contribution in [2.75, 3.05) is 0 Å². The fourth-order valence-corrected chi connectivity index (χ4v) is 1.26. The Hall–Kier alpha value is -0.890. The molecular weight excluding hydrogens is 179 g/mol. The zero-order chi connectivity index (χ0) is 9.30. The first-order valence-electron chi connectivity index (χ1n) is 3.49. The van der Waals surface area contributed by atoms with Gasteiger partial charge >= 0.3 is 0 Å². The van der Waals surface area contributed by atoms with Crippen molar-refractivity contribution < 1.29 is 9.18 Å². The van der Waals surface area contributed by atoms with E-state index in [9.17, 15) is 9.18 Å². The van der Waals surface area contributed by atoms with Crippen molar-refractivity contribution in [2.24, 2.45) is 0 Å². The summed E-state index contributed by atoms with van der Waals surface area (Å²) in [6.45, 7) is 2.96. The Morgan fingerprint density at radius 2 is 2.08 bits per heavy atom. The van der Waals surface area contributed by atoms with Gasteiger partial charge in [-0.1, -0.05) is 17.7 Å². The molecule has 1 nitrogen and oxygen atoms in total. The van der Waals surface area contributed by atoms with Crippen LogP contribution in [0.5, 0.6) is 0 Å². The third-order valence-electron chi connectivity index (χ3n) is 1.65. The summed E-state index contributed by atoms with van der Waals surface area (Å²) in [4.78, 5) is 10.9. The van der Waals surface area contributed by atoms with E-state index in [-0.39, 0.29) is 16.4 Å². The minimum Gasteiger partial charge on any atom is -0.294 e. The molecule has 0 N–H and O–H groups in total. The van der Waals surface area contributed by atoms with Crippen LogP contribution in [0.25, 0.3) is 0 Å². The quantitative estimate of drug-likeness (QED) is 0.617. The summed E-state index contributed by atoms with van der Waals surface area (Å²) >= 11 is 5.60. The third-order valence-corrected chi connectivity index (χ3v) is 2.02. The lowest BCUT2D eigenvalue weighted by atomic mass is 10.1. The number of hydrogen-bond acceptors (Lipinski definition) is 1. The largest absolute Gasteiger partial charge is 0.294 e. The Morgan fingerprint density at radius 3 is 2.58 bits per heavy atom. The van der Waals surface area contributed by atoms with Crippen molar-refractivity contribution in [3.05, 3.63) is 34.1 Å². The summed E-state index contributed by atoms with van der Waals surface area (Å²) in [5.74, 6) is -0.733. The van der Waals surface area contributed by atoms with E-state index < -0.39 is 5.82 Å². The second-order valence-electron chi connectivity index (χ2n) is 2.61. The van der Waals surface area contributed by atoms with E-state index in [2.05, 4.69) is 0 Å². The number of aryl methyl sites for hydroxylation is 1. The molecule has 3 heteroatoms. The summed E-state index contributed by atoms with van der Waals surface area (Å²) in [6.07, 6.45) is 0. The van der Waals surface area contributed by atoms with Crippen LogP contribution in [0, 0.1) is 12.7 Å². The number of benzene rings is 1. The number of carbonyl (C=O) groups excluding carboxylic acids is 1. The molecule has 0 saturated heterocycles. The number of carbonyl (C=O) groups is 1. The van der Waals surface area contributed by atoms with Crippen LogP contribution in [0.2, 0.25) is 5.02 Å². The molecule has 0 fully saturated rings. The second kappa shape index (κ2) is 3.23. The Morgan fingerprint density at radius 1 is 1.50 bits per heavy atom. The number of halogens is 2. The summed E-state index contributed by atoms with van der Waals surface area (Å²) in [7, 11) is 0. The lowest BCUT2D eigenvalue weighted by molar-refractivity contribution is 0.101. The molecule has 1 aromatic carbocycles. The molecule has 0 heterocycles. The van der Waals surface area contributed by atoms with Gasteiger partial charge in [0, 0.05) is 5.56 Å². The molecule has 0 radical (unpaired) electrons. The van der Waals surface area contributed by atoms with Gasteiger partial charge in [-0.3, -0.25) is 4.79 Å².